The molecular formula is C24H20ClN3O3S3. The Labute approximate surface area is 216 Å². The Morgan fingerprint density at radius 1 is 1.21 bits per heavy atom. The van der Waals surface area contributed by atoms with Gasteiger partial charge in [-0.15, -0.1) is 11.3 Å². The molecule has 2 amide bonds. The van der Waals surface area contributed by atoms with Crippen molar-refractivity contribution in [3.05, 3.63) is 74.4 Å². The minimum Gasteiger partial charge on any atom is -0.497 e. The van der Waals surface area contributed by atoms with E-state index in [0.29, 0.717) is 20.8 Å². The van der Waals surface area contributed by atoms with Crippen LogP contribution in [0.3, 0.4) is 0 Å². The number of carbonyl (C=O) groups is 2. The van der Waals surface area contributed by atoms with Crippen molar-refractivity contribution in [2.75, 3.05) is 13.7 Å². The fraction of sp³-hybridized carbons (Fsp3) is 0.167. The topological polar surface area (TPSA) is 71.5 Å². The van der Waals surface area contributed by atoms with Gasteiger partial charge in [0.05, 0.1) is 24.3 Å². The Morgan fingerprint density at radius 3 is 2.65 bits per heavy atom. The molecule has 0 atom stereocenters. The van der Waals surface area contributed by atoms with Gasteiger partial charge in [0.1, 0.15) is 15.1 Å². The van der Waals surface area contributed by atoms with Crippen LogP contribution in [0, 0.1) is 0 Å². The minimum absolute atomic E-state index is 0.150. The van der Waals surface area contributed by atoms with Gasteiger partial charge in [-0.25, -0.2) is 4.98 Å². The van der Waals surface area contributed by atoms with Crippen molar-refractivity contribution in [2.24, 2.45) is 0 Å². The lowest BCUT2D eigenvalue weighted by molar-refractivity contribution is -0.123. The summed E-state index contributed by atoms with van der Waals surface area (Å²) in [5.74, 6) is 0.386. The predicted molar refractivity (Wildman–Crippen MR) is 142 cm³/mol. The number of rotatable bonds is 8. The highest BCUT2D eigenvalue weighted by Crippen LogP contribution is 2.33. The second-order valence-electron chi connectivity index (χ2n) is 7.27. The second-order valence-corrected chi connectivity index (χ2v) is 10.3. The van der Waals surface area contributed by atoms with Crippen LogP contribution in [-0.2, 0) is 16.1 Å². The fourth-order valence-electron chi connectivity index (χ4n) is 3.17. The van der Waals surface area contributed by atoms with Crippen LogP contribution >= 0.6 is 46.9 Å². The average molecular weight is 530 g/mol. The summed E-state index contributed by atoms with van der Waals surface area (Å²) in [5, 5.41) is 6.27. The molecule has 2 aromatic carbocycles. The predicted octanol–water partition coefficient (Wildman–Crippen LogP) is 5.38. The number of thiocarbonyl (C=S) groups is 1. The first-order valence-electron chi connectivity index (χ1n) is 10.3. The quantitative estimate of drug-likeness (QED) is 0.312. The highest BCUT2D eigenvalue weighted by Gasteiger charge is 2.32. The van der Waals surface area contributed by atoms with Gasteiger partial charge in [0.25, 0.3) is 5.91 Å². The number of ether oxygens (including phenoxy) is 1. The summed E-state index contributed by atoms with van der Waals surface area (Å²) in [5.41, 5.74) is 2.68. The highest BCUT2D eigenvalue weighted by atomic mass is 35.5. The number of amides is 2. The van der Waals surface area contributed by atoms with Gasteiger partial charge in [0, 0.05) is 28.9 Å². The van der Waals surface area contributed by atoms with Crippen molar-refractivity contribution in [3.63, 3.8) is 0 Å². The van der Waals surface area contributed by atoms with E-state index in [0.717, 1.165) is 27.6 Å². The van der Waals surface area contributed by atoms with E-state index in [4.69, 9.17) is 28.6 Å². The zero-order valence-corrected chi connectivity index (χ0v) is 21.3. The van der Waals surface area contributed by atoms with Crippen LogP contribution in [0.2, 0.25) is 5.02 Å². The van der Waals surface area contributed by atoms with Crippen molar-refractivity contribution in [1.29, 1.82) is 0 Å². The van der Waals surface area contributed by atoms with E-state index in [1.54, 1.807) is 13.2 Å². The van der Waals surface area contributed by atoms with Crippen LogP contribution in [-0.4, -0.2) is 39.7 Å². The molecule has 1 saturated heterocycles. The van der Waals surface area contributed by atoms with Crippen molar-refractivity contribution in [1.82, 2.24) is 15.2 Å². The Morgan fingerprint density at radius 2 is 1.94 bits per heavy atom. The van der Waals surface area contributed by atoms with E-state index < -0.39 is 0 Å². The van der Waals surface area contributed by atoms with E-state index >= 15 is 0 Å². The molecule has 2 heterocycles. The Hall–Kier alpha value is -2.72. The zero-order chi connectivity index (χ0) is 24.1. The molecule has 1 aliphatic heterocycles. The summed E-state index contributed by atoms with van der Waals surface area (Å²) in [6.07, 6.45) is 1.94. The first-order chi connectivity index (χ1) is 16.4. The van der Waals surface area contributed by atoms with Gasteiger partial charge in [-0.1, -0.05) is 59.8 Å². The zero-order valence-electron chi connectivity index (χ0n) is 18.1. The van der Waals surface area contributed by atoms with Crippen LogP contribution in [0.1, 0.15) is 17.0 Å². The molecule has 1 aromatic heterocycles. The van der Waals surface area contributed by atoms with E-state index in [-0.39, 0.29) is 24.8 Å². The number of aromatic nitrogens is 1. The molecule has 0 radical (unpaired) electrons. The first kappa shape index (κ1) is 24.4. The molecule has 4 rings (SSSR count). The van der Waals surface area contributed by atoms with Crippen LogP contribution in [0.4, 0.5) is 0 Å². The standard InChI is InChI=1S/C24H20ClN3O3S3/c1-31-18-8-2-15(3-9-18)12-20-23(30)28(24(32)34-20)11-10-21(29)26-13-22-27-19(14-33-22)16-4-6-17(25)7-5-16/h2-9,12,14H,10-11,13H2,1H3,(H,26,29)/b20-12-. The maximum Gasteiger partial charge on any atom is 0.266 e. The minimum atomic E-state index is -0.189. The third-order valence-corrected chi connectivity index (χ3v) is 7.46. The molecule has 0 saturated carbocycles. The summed E-state index contributed by atoms with van der Waals surface area (Å²) in [6.45, 7) is 0.553. The van der Waals surface area contributed by atoms with Gasteiger partial charge in [0.2, 0.25) is 5.91 Å². The number of thioether (sulfide) groups is 1. The molecule has 1 fully saturated rings. The molecule has 0 unspecified atom stereocenters. The molecule has 3 aromatic rings. The summed E-state index contributed by atoms with van der Waals surface area (Å²) in [7, 11) is 1.60. The smallest absolute Gasteiger partial charge is 0.266 e. The van der Waals surface area contributed by atoms with Crippen molar-refractivity contribution in [3.8, 4) is 17.0 Å². The Balaban J connectivity index is 1.28. The number of thiazole rings is 1. The largest absolute Gasteiger partial charge is 0.497 e. The summed E-state index contributed by atoms with van der Waals surface area (Å²) in [4.78, 5) is 31.7. The number of carbonyl (C=O) groups excluding carboxylic acids is 2. The lowest BCUT2D eigenvalue weighted by atomic mass is 10.2. The SMILES string of the molecule is COc1ccc(/C=C2\SC(=S)N(CCC(=O)NCc3nc(-c4ccc(Cl)cc4)cs3)C2=O)cc1. The molecule has 0 aliphatic carbocycles. The normalized spacial score (nSPS) is 14.6. The maximum atomic E-state index is 12.8. The van der Waals surface area contributed by atoms with Crippen molar-refractivity contribution in [2.45, 2.75) is 13.0 Å². The maximum absolute atomic E-state index is 12.8. The van der Waals surface area contributed by atoms with Crippen molar-refractivity contribution >= 4 is 69.1 Å². The Bertz CT molecular complexity index is 1240. The van der Waals surface area contributed by atoms with Crippen LogP contribution in [0.25, 0.3) is 17.3 Å². The molecular weight excluding hydrogens is 510 g/mol. The molecule has 1 aliphatic rings. The number of halogens is 1. The summed E-state index contributed by atoms with van der Waals surface area (Å²) >= 11 is 14.0. The summed E-state index contributed by atoms with van der Waals surface area (Å²) in [6, 6.07) is 14.9. The fourth-order valence-corrected chi connectivity index (χ4v) is 5.34. The number of hydrogen-bond acceptors (Lipinski definition) is 7. The molecule has 0 bridgehead atoms. The molecule has 1 N–H and O–H groups in total. The van der Waals surface area contributed by atoms with Crippen LogP contribution in [0.5, 0.6) is 5.75 Å². The highest BCUT2D eigenvalue weighted by molar-refractivity contribution is 8.26. The lowest BCUT2D eigenvalue weighted by Gasteiger charge is -2.13. The van der Waals surface area contributed by atoms with E-state index in [2.05, 4.69) is 10.3 Å². The molecule has 10 heteroatoms. The van der Waals surface area contributed by atoms with Gasteiger partial charge < -0.3 is 10.1 Å². The van der Waals surface area contributed by atoms with Crippen LogP contribution in [0.15, 0.2) is 58.8 Å². The number of nitrogens with one attached hydrogen (secondary N) is 1. The van der Waals surface area contributed by atoms with E-state index in [1.165, 1.54) is 28.0 Å². The lowest BCUT2D eigenvalue weighted by Crippen LogP contribution is -2.33. The van der Waals surface area contributed by atoms with E-state index in [9.17, 15) is 9.59 Å². The average Bonchev–Trinajstić information content (AvgIpc) is 3.42. The number of benzene rings is 2. The second kappa shape index (κ2) is 11.1. The summed E-state index contributed by atoms with van der Waals surface area (Å²) < 4.78 is 5.60. The third kappa shape index (κ3) is 6.04. The molecule has 0 spiro atoms. The first-order valence-corrected chi connectivity index (χ1v) is 12.8. The van der Waals surface area contributed by atoms with Gasteiger partial charge in [-0.3, -0.25) is 14.5 Å². The van der Waals surface area contributed by atoms with Gasteiger partial charge in [-0.2, -0.15) is 0 Å². The molecule has 34 heavy (non-hydrogen) atoms. The molecule has 174 valence electrons. The van der Waals surface area contributed by atoms with Gasteiger partial charge in [0.15, 0.2) is 0 Å². The Kier molecular flexibility index (Phi) is 7.99. The monoisotopic (exact) mass is 529 g/mol. The van der Waals surface area contributed by atoms with E-state index in [1.807, 2.05) is 53.9 Å². The van der Waals surface area contributed by atoms with Crippen LogP contribution < -0.4 is 10.1 Å². The number of nitrogens with zero attached hydrogens (tertiary/aromatic N) is 2. The third-order valence-electron chi connectivity index (χ3n) is 4.98. The van der Waals surface area contributed by atoms with Gasteiger partial charge >= 0.3 is 0 Å². The molecule has 6 nitrogen and oxygen atoms in total. The van der Waals surface area contributed by atoms with Gasteiger partial charge in [-0.05, 0) is 35.9 Å². The number of methoxy groups -OCH3 is 1. The van der Waals surface area contributed by atoms with Crippen molar-refractivity contribution < 1.29 is 14.3 Å². The number of hydrogen-bond donors (Lipinski definition) is 1.